The van der Waals surface area contributed by atoms with Gasteiger partial charge < -0.3 is 0 Å². The van der Waals surface area contributed by atoms with Crippen molar-refractivity contribution < 1.29 is 0 Å². The summed E-state index contributed by atoms with van der Waals surface area (Å²) in [5, 5.41) is 33.5. The van der Waals surface area contributed by atoms with Crippen LogP contribution < -0.4 is 0 Å². The van der Waals surface area contributed by atoms with Crippen molar-refractivity contribution in [2.75, 3.05) is 0 Å². The van der Waals surface area contributed by atoms with Crippen molar-refractivity contribution in [3.8, 4) is 0 Å². The Kier molecular flexibility index (Phi) is 13.5. The van der Waals surface area contributed by atoms with Gasteiger partial charge in [0.05, 0.1) is 37.6 Å². The summed E-state index contributed by atoms with van der Waals surface area (Å²) in [6.45, 7) is 20.7. The minimum Gasteiger partial charge on any atom is -0.138 e. The molecule has 0 fully saturated rings. The number of fused-ring (bicyclic) bond motifs is 8. The molecular formula is C38H38N16S8. The van der Waals surface area contributed by atoms with Gasteiger partial charge in [0, 0.05) is 22.3 Å². The zero-order valence-corrected chi connectivity index (χ0v) is 41.8. The normalized spacial score (nSPS) is 11.3. The molecule has 0 aliphatic carbocycles. The molecule has 0 unspecified atom stereocenters. The summed E-state index contributed by atoms with van der Waals surface area (Å²) in [6, 6.07) is 0. The lowest BCUT2D eigenvalue weighted by Gasteiger charge is -2.03. The monoisotopic (exact) mass is 974 g/mol. The highest BCUT2D eigenvalue weighted by Crippen LogP contribution is 2.37. The van der Waals surface area contributed by atoms with E-state index in [1.807, 2.05) is 41.5 Å². The van der Waals surface area contributed by atoms with Crippen molar-refractivity contribution in [1.29, 1.82) is 0 Å². The standard InChI is InChI=1S/2C10H10N4S2.2C8H6N4S2.C2H6/c2*1-3-5-7-10(16-13-11-7)6(4-2)8-9(5)15-14-12-8;2*1-3-5-8(14-11-9-5)4(2)6-7(3)13-12-10-6;1-2/h2*3-4H2,1-2H3;2*1-2H3;1-2H3. The molecule has 0 N–H and O–H groups in total. The van der Waals surface area contributed by atoms with Gasteiger partial charge in [-0.05, 0) is 168 Å². The summed E-state index contributed by atoms with van der Waals surface area (Å²) in [6.07, 6.45) is 3.80. The number of aromatic nitrogens is 16. The number of aryl methyl sites for hydroxylation is 8. The van der Waals surface area contributed by atoms with Gasteiger partial charge in [-0.1, -0.05) is 77.4 Å². The number of benzene rings is 4. The molecule has 24 heteroatoms. The van der Waals surface area contributed by atoms with Gasteiger partial charge in [0.1, 0.15) is 44.1 Å². The zero-order chi connectivity index (χ0) is 43.7. The molecule has 12 aromatic rings. The summed E-state index contributed by atoms with van der Waals surface area (Å²) in [5.41, 5.74) is 17.7. The molecule has 8 heterocycles. The van der Waals surface area contributed by atoms with E-state index < -0.39 is 0 Å². The second-order valence-corrected chi connectivity index (χ2v) is 19.5. The Morgan fingerprint density at radius 2 is 0.419 bits per heavy atom. The predicted octanol–water partition coefficient (Wildman–Crippen LogP) is 11.3. The molecule has 318 valence electrons. The molecule has 0 amide bonds. The van der Waals surface area contributed by atoms with Gasteiger partial charge in [0.2, 0.25) is 0 Å². The Labute approximate surface area is 387 Å². The lowest BCUT2D eigenvalue weighted by atomic mass is 10.0. The molecule has 16 nitrogen and oxygen atoms in total. The summed E-state index contributed by atoms with van der Waals surface area (Å²) in [4.78, 5) is 0. The maximum Gasteiger partial charge on any atom is 0.111 e. The Bertz CT molecular complexity index is 2830. The van der Waals surface area contributed by atoms with Gasteiger partial charge in [0.15, 0.2) is 0 Å². The second-order valence-electron chi connectivity index (χ2n) is 13.4. The molecule has 0 bridgehead atoms. The van der Waals surface area contributed by atoms with Crippen LogP contribution in [0.5, 0.6) is 0 Å². The maximum atomic E-state index is 4.25. The van der Waals surface area contributed by atoms with E-state index in [4.69, 9.17) is 0 Å². The molecular weight excluding hydrogens is 937 g/mol. The average Bonchev–Trinajstić information content (AvgIpc) is 4.14. The lowest BCUT2D eigenvalue weighted by molar-refractivity contribution is 1.11. The van der Waals surface area contributed by atoms with Crippen LogP contribution in [0.2, 0.25) is 0 Å². The van der Waals surface area contributed by atoms with Crippen LogP contribution in [0.1, 0.15) is 86.1 Å². The summed E-state index contributed by atoms with van der Waals surface area (Å²) >= 11 is 11.5. The number of hydrogen-bond donors (Lipinski definition) is 0. The van der Waals surface area contributed by atoms with Crippen molar-refractivity contribution in [2.24, 2.45) is 0 Å². The van der Waals surface area contributed by atoms with E-state index in [2.05, 4.69) is 104 Å². The predicted molar refractivity (Wildman–Crippen MR) is 261 cm³/mol. The number of hydrogen-bond acceptors (Lipinski definition) is 24. The van der Waals surface area contributed by atoms with Gasteiger partial charge in [0.25, 0.3) is 0 Å². The zero-order valence-electron chi connectivity index (χ0n) is 35.2. The SMILES string of the molecule is CC.CCc1c2nnsc2c(CC)c2nnsc12.CCc1c2nnsc2c(CC)c2nnsc12.Cc1c2nnsc2c(C)c2nnsc12.Cc1c2nnsc2c(C)c2nnsc12. The third-order valence-corrected chi connectivity index (χ3v) is 16.9. The van der Waals surface area contributed by atoms with Gasteiger partial charge >= 0.3 is 0 Å². The molecule has 12 rings (SSSR count). The molecule has 0 saturated carbocycles. The summed E-state index contributed by atoms with van der Waals surface area (Å²) in [5.74, 6) is 0. The maximum absolute atomic E-state index is 4.25. The third kappa shape index (κ3) is 7.56. The first kappa shape index (κ1) is 44.1. The van der Waals surface area contributed by atoms with E-state index in [-0.39, 0.29) is 0 Å². The van der Waals surface area contributed by atoms with Crippen molar-refractivity contribution in [3.63, 3.8) is 0 Å². The van der Waals surface area contributed by atoms with Crippen LogP contribution in [0.15, 0.2) is 0 Å². The van der Waals surface area contributed by atoms with E-state index in [9.17, 15) is 0 Å². The first-order valence-corrected chi connectivity index (χ1v) is 25.9. The van der Waals surface area contributed by atoms with Crippen LogP contribution in [0.3, 0.4) is 0 Å². The highest BCUT2D eigenvalue weighted by Gasteiger charge is 2.20. The fraction of sp³-hybridized carbons (Fsp3) is 0.368. The molecule has 62 heavy (non-hydrogen) atoms. The van der Waals surface area contributed by atoms with Crippen LogP contribution in [0, 0.1) is 27.7 Å². The topological polar surface area (TPSA) is 206 Å². The van der Waals surface area contributed by atoms with Crippen LogP contribution >= 0.6 is 92.3 Å². The van der Waals surface area contributed by atoms with Gasteiger partial charge in [-0.25, -0.2) is 0 Å². The van der Waals surface area contributed by atoms with Crippen LogP contribution in [-0.2, 0) is 25.7 Å². The van der Waals surface area contributed by atoms with E-state index >= 15 is 0 Å². The van der Waals surface area contributed by atoms with E-state index in [1.54, 1.807) is 0 Å². The molecule has 8 aromatic heterocycles. The molecule has 0 radical (unpaired) electrons. The first-order valence-electron chi connectivity index (χ1n) is 19.7. The molecule has 0 aliphatic rings. The Balaban J connectivity index is 0.000000112. The molecule has 0 aliphatic heterocycles. The highest BCUT2D eigenvalue weighted by atomic mass is 32.1. The first-order chi connectivity index (χ1) is 30.3. The average molecular weight is 975 g/mol. The van der Waals surface area contributed by atoms with Crippen molar-refractivity contribution >= 4 is 174 Å². The number of nitrogens with zero attached hydrogens (tertiary/aromatic N) is 16. The quantitative estimate of drug-likeness (QED) is 0.161. The van der Waals surface area contributed by atoms with Crippen LogP contribution in [0.4, 0.5) is 0 Å². The molecule has 4 aromatic carbocycles. The summed E-state index contributed by atoms with van der Waals surface area (Å²) in [7, 11) is 0. The van der Waals surface area contributed by atoms with E-state index in [0.29, 0.717) is 0 Å². The lowest BCUT2D eigenvalue weighted by Crippen LogP contribution is -1.90. The summed E-state index contributed by atoms with van der Waals surface area (Å²) < 4.78 is 41.4. The minimum absolute atomic E-state index is 0.951. The molecule has 0 spiro atoms. The largest absolute Gasteiger partial charge is 0.138 e. The fourth-order valence-corrected chi connectivity index (χ4v) is 13.3. The molecule has 0 saturated heterocycles. The van der Waals surface area contributed by atoms with Gasteiger partial charge in [-0.15, -0.1) is 40.8 Å². The van der Waals surface area contributed by atoms with E-state index in [1.165, 1.54) is 133 Å². The van der Waals surface area contributed by atoms with Crippen molar-refractivity contribution in [3.05, 3.63) is 44.5 Å². The highest BCUT2D eigenvalue weighted by molar-refractivity contribution is 7.16. The Morgan fingerprint density at radius 3 is 0.597 bits per heavy atom. The van der Waals surface area contributed by atoms with Crippen molar-refractivity contribution in [2.45, 2.75) is 94.9 Å². The third-order valence-electron chi connectivity index (χ3n) is 10.3. The van der Waals surface area contributed by atoms with Gasteiger partial charge in [-0.2, -0.15) is 0 Å². The fourth-order valence-electron chi connectivity index (χ4n) is 7.25. The van der Waals surface area contributed by atoms with Crippen LogP contribution in [-0.4, -0.2) is 76.7 Å². The minimum atomic E-state index is 0.951. The number of rotatable bonds is 4. The van der Waals surface area contributed by atoms with E-state index in [0.717, 1.165) is 111 Å². The van der Waals surface area contributed by atoms with Crippen molar-refractivity contribution in [1.82, 2.24) is 76.7 Å². The Hall–Kier alpha value is -4.56. The second kappa shape index (κ2) is 19.0. The van der Waals surface area contributed by atoms with Crippen LogP contribution in [0.25, 0.3) is 81.7 Å². The smallest absolute Gasteiger partial charge is 0.111 e. The van der Waals surface area contributed by atoms with Gasteiger partial charge in [-0.3, -0.25) is 0 Å². The molecule has 0 atom stereocenters. The Morgan fingerprint density at radius 1 is 0.258 bits per heavy atom.